The van der Waals surface area contributed by atoms with Crippen molar-refractivity contribution in [3.63, 3.8) is 0 Å². The smallest absolute Gasteiger partial charge is 0.0692 e. The molecular formula is C9H15BrN2. The van der Waals surface area contributed by atoms with Crippen LogP contribution < -0.4 is 0 Å². The Kier molecular flexibility index (Phi) is 3.32. The van der Waals surface area contributed by atoms with Gasteiger partial charge >= 0.3 is 0 Å². The summed E-state index contributed by atoms with van der Waals surface area (Å²) < 4.78 is 1.89. The molecule has 1 aromatic rings. The summed E-state index contributed by atoms with van der Waals surface area (Å²) in [6.07, 6.45) is 3.23. The molecule has 1 unspecified atom stereocenters. The first-order valence-corrected chi connectivity index (χ1v) is 5.39. The predicted octanol–water partition coefficient (Wildman–Crippen LogP) is 2.83. The SMILES string of the molecule is CCC(C)c1nn(C)cc1CBr. The van der Waals surface area contributed by atoms with Gasteiger partial charge < -0.3 is 0 Å². The molecule has 0 amide bonds. The van der Waals surface area contributed by atoms with E-state index in [0.29, 0.717) is 5.92 Å². The largest absolute Gasteiger partial charge is 0.275 e. The van der Waals surface area contributed by atoms with E-state index in [0.717, 1.165) is 11.8 Å². The molecule has 1 heterocycles. The third-order valence-electron chi connectivity index (χ3n) is 2.16. The maximum Gasteiger partial charge on any atom is 0.0692 e. The van der Waals surface area contributed by atoms with Crippen molar-refractivity contribution in [1.29, 1.82) is 0 Å². The molecule has 0 saturated carbocycles. The van der Waals surface area contributed by atoms with Crippen LogP contribution in [-0.2, 0) is 12.4 Å². The van der Waals surface area contributed by atoms with Crippen LogP contribution in [0.5, 0.6) is 0 Å². The summed E-state index contributed by atoms with van der Waals surface area (Å²) in [4.78, 5) is 0. The van der Waals surface area contributed by atoms with Gasteiger partial charge in [-0.25, -0.2) is 0 Å². The highest BCUT2D eigenvalue weighted by Crippen LogP contribution is 2.22. The fraction of sp³-hybridized carbons (Fsp3) is 0.667. The van der Waals surface area contributed by atoms with Gasteiger partial charge in [0.15, 0.2) is 0 Å². The van der Waals surface area contributed by atoms with Crippen molar-refractivity contribution < 1.29 is 0 Å². The van der Waals surface area contributed by atoms with Gasteiger partial charge in [0.05, 0.1) is 5.69 Å². The van der Waals surface area contributed by atoms with Crippen molar-refractivity contribution in [1.82, 2.24) is 9.78 Å². The molecule has 0 aliphatic carbocycles. The highest BCUT2D eigenvalue weighted by molar-refractivity contribution is 9.08. The number of hydrogen-bond acceptors (Lipinski definition) is 1. The maximum absolute atomic E-state index is 4.44. The second-order valence-electron chi connectivity index (χ2n) is 3.16. The Labute approximate surface area is 82.1 Å². The van der Waals surface area contributed by atoms with Gasteiger partial charge in [0.1, 0.15) is 0 Å². The van der Waals surface area contributed by atoms with Gasteiger partial charge in [-0.3, -0.25) is 4.68 Å². The van der Waals surface area contributed by atoms with Crippen molar-refractivity contribution in [3.05, 3.63) is 17.5 Å². The number of aromatic nitrogens is 2. The Balaban J connectivity index is 2.96. The van der Waals surface area contributed by atoms with Crippen LogP contribution in [0, 0.1) is 0 Å². The van der Waals surface area contributed by atoms with E-state index in [-0.39, 0.29) is 0 Å². The number of aryl methyl sites for hydroxylation is 1. The van der Waals surface area contributed by atoms with Gasteiger partial charge in [0.25, 0.3) is 0 Å². The van der Waals surface area contributed by atoms with Crippen molar-refractivity contribution in [2.75, 3.05) is 0 Å². The minimum Gasteiger partial charge on any atom is -0.275 e. The average molecular weight is 231 g/mol. The number of nitrogens with zero attached hydrogens (tertiary/aromatic N) is 2. The molecule has 2 nitrogen and oxygen atoms in total. The molecule has 0 aromatic carbocycles. The van der Waals surface area contributed by atoms with Crippen LogP contribution in [-0.4, -0.2) is 9.78 Å². The molecule has 68 valence electrons. The van der Waals surface area contributed by atoms with Gasteiger partial charge in [0, 0.05) is 30.1 Å². The lowest BCUT2D eigenvalue weighted by Crippen LogP contribution is -1.97. The second-order valence-corrected chi connectivity index (χ2v) is 3.72. The van der Waals surface area contributed by atoms with Crippen LogP contribution in [0.3, 0.4) is 0 Å². The zero-order valence-corrected chi connectivity index (χ0v) is 9.43. The monoisotopic (exact) mass is 230 g/mol. The molecule has 3 heteroatoms. The highest BCUT2D eigenvalue weighted by atomic mass is 79.9. The predicted molar refractivity (Wildman–Crippen MR) is 54.5 cm³/mol. The Morgan fingerprint density at radius 2 is 2.33 bits per heavy atom. The van der Waals surface area contributed by atoms with Crippen molar-refractivity contribution in [2.45, 2.75) is 31.5 Å². The summed E-state index contributed by atoms with van der Waals surface area (Å²) in [7, 11) is 1.97. The summed E-state index contributed by atoms with van der Waals surface area (Å²) in [5, 5.41) is 5.34. The number of halogens is 1. The van der Waals surface area contributed by atoms with Crippen LogP contribution in [0.25, 0.3) is 0 Å². The summed E-state index contributed by atoms with van der Waals surface area (Å²) in [5.41, 5.74) is 2.55. The minimum atomic E-state index is 0.568. The number of rotatable bonds is 3. The Morgan fingerprint density at radius 1 is 1.67 bits per heavy atom. The van der Waals surface area contributed by atoms with Crippen LogP contribution in [0.15, 0.2) is 6.20 Å². The van der Waals surface area contributed by atoms with Gasteiger partial charge in [-0.2, -0.15) is 5.10 Å². The number of hydrogen-bond donors (Lipinski definition) is 0. The zero-order valence-electron chi connectivity index (χ0n) is 7.84. The topological polar surface area (TPSA) is 17.8 Å². The van der Waals surface area contributed by atoms with Crippen LogP contribution in [0.4, 0.5) is 0 Å². The van der Waals surface area contributed by atoms with Crippen molar-refractivity contribution in [2.24, 2.45) is 7.05 Å². The first-order valence-electron chi connectivity index (χ1n) is 4.27. The van der Waals surface area contributed by atoms with Gasteiger partial charge in [-0.15, -0.1) is 0 Å². The van der Waals surface area contributed by atoms with Crippen molar-refractivity contribution >= 4 is 15.9 Å². The van der Waals surface area contributed by atoms with E-state index in [1.165, 1.54) is 11.3 Å². The molecule has 12 heavy (non-hydrogen) atoms. The average Bonchev–Trinajstić information content (AvgIpc) is 2.45. The van der Waals surface area contributed by atoms with E-state index in [4.69, 9.17) is 0 Å². The molecular weight excluding hydrogens is 216 g/mol. The van der Waals surface area contributed by atoms with Crippen molar-refractivity contribution in [3.8, 4) is 0 Å². The van der Waals surface area contributed by atoms with E-state index >= 15 is 0 Å². The summed E-state index contributed by atoms with van der Waals surface area (Å²) in [6.45, 7) is 4.41. The van der Waals surface area contributed by atoms with Gasteiger partial charge in [-0.1, -0.05) is 29.8 Å². The molecule has 0 spiro atoms. The lowest BCUT2D eigenvalue weighted by atomic mass is 10.0. The molecule has 0 aliphatic rings. The fourth-order valence-electron chi connectivity index (χ4n) is 1.27. The van der Waals surface area contributed by atoms with E-state index in [1.807, 2.05) is 11.7 Å². The normalized spacial score (nSPS) is 13.3. The standard InChI is InChI=1S/C9H15BrN2/c1-4-7(2)9-8(5-10)6-12(3)11-9/h6-7H,4-5H2,1-3H3. The third-order valence-corrected chi connectivity index (χ3v) is 2.76. The van der Waals surface area contributed by atoms with Gasteiger partial charge in [0.2, 0.25) is 0 Å². The fourth-order valence-corrected chi connectivity index (χ4v) is 1.70. The molecule has 0 radical (unpaired) electrons. The Hall–Kier alpha value is -0.310. The lowest BCUT2D eigenvalue weighted by Gasteiger charge is -2.05. The maximum atomic E-state index is 4.44. The molecule has 1 aromatic heterocycles. The second kappa shape index (κ2) is 4.08. The summed E-state index contributed by atoms with van der Waals surface area (Å²) in [5.74, 6) is 0.568. The molecule has 1 rings (SSSR count). The van der Waals surface area contributed by atoms with Crippen LogP contribution in [0.2, 0.25) is 0 Å². The minimum absolute atomic E-state index is 0.568. The van der Waals surface area contributed by atoms with Gasteiger partial charge in [-0.05, 0) is 6.42 Å². The highest BCUT2D eigenvalue weighted by Gasteiger charge is 2.11. The third kappa shape index (κ3) is 1.89. The molecule has 0 aliphatic heterocycles. The Bertz CT molecular complexity index is 255. The van der Waals surface area contributed by atoms with E-state index in [1.54, 1.807) is 0 Å². The van der Waals surface area contributed by atoms with Crippen LogP contribution in [0.1, 0.15) is 37.4 Å². The first kappa shape index (κ1) is 9.78. The number of alkyl halides is 1. The lowest BCUT2D eigenvalue weighted by molar-refractivity contribution is 0.663. The summed E-state index contributed by atoms with van der Waals surface area (Å²) >= 11 is 3.47. The van der Waals surface area contributed by atoms with E-state index < -0.39 is 0 Å². The Morgan fingerprint density at radius 3 is 2.83 bits per heavy atom. The first-order chi connectivity index (χ1) is 5.69. The summed E-state index contributed by atoms with van der Waals surface area (Å²) in [6, 6.07) is 0. The quantitative estimate of drug-likeness (QED) is 0.731. The molecule has 0 fully saturated rings. The van der Waals surface area contributed by atoms with E-state index in [9.17, 15) is 0 Å². The zero-order chi connectivity index (χ0) is 9.14. The molecule has 0 bridgehead atoms. The van der Waals surface area contributed by atoms with E-state index in [2.05, 4.69) is 41.1 Å². The van der Waals surface area contributed by atoms with Crippen LogP contribution >= 0.6 is 15.9 Å². The molecule has 0 saturated heterocycles. The molecule has 0 N–H and O–H groups in total. The molecule has 1 atom stereocenters.